The van der Waals surface area contributed by atoms with Crippen LogP contribution in [0, 0.1) is 11.8 Å². The minimum absolute atomic E-state index is 0.971. The van der Waals surface area contributed by atoms with Gasteiger partial charge in [0, 0.05) is 19.6 Å². The molecular weight excluding hydrogens is 160 g/mol. The van der Waals surface area contributed by atoms with Crippen molar-refractivity contribution in [3.63, 3.8) is 0 Å². The first-order valence-corrected chi connectivity index (χ1v) is 5.65. The van der Waals surface area contributed by atoms with Crippen LogP contribution >= 0.6 is 0 Å². The van der Waals surface area contributed by atoms with Gasteiger partial charge >= 0.3 is 0 Å². The number of nitrogens with zero attached hydrogens (tertiary/aromatic N) is 2. The average molecular weight is 182 g/mol. The number of likely N-dealkylation sites (tertiary alicyclic amines) is 2. The van der Waals surface area contributed by atoms with Gasteiger partial charge in [-0.3, -0.25) is 0 Å². The minimum Gasteiger partial charge on any atom is -0.306 e. The number of rotatable bonds is 2. The van der Waals surface area contributed by atoms with Crippen LogP contribution in [-0.4, -0.2) is 49.6 Å². The molecule has 0 spiro atoms. The lowest BCUT2D eigenvalue weighted by Gasteiger charge is -2.41. The fourth-order valence-corrected chi connectivity index (χ4v) is 2.55. The Morgan fingerprint density at radius 1 is 1.15 bits per heavy atom. The zero-order chi connectivity index (χ0) is 9.26. The van der Waals surface area contributed by atoms with Gasteiger partial charge in [0.2, 0.25) is 0 Å². The van der Waals surface area contributed by atoms with Crippen molar-refractivity contribution in [1.82, 2.24) is 9.80 Å². The van der Waals surface area contributed by atoms with E-state index < -0.39 is 0 Å². The molecule has 76 valence electrons. The summed E-state index contributed by atoms with van der Waals surface area (Å²) < 4.78 is 0. The topological polar surface area (TPSA) is 6.48 Å². The van der Waals surface area contributed by atoms with Crippen LogP contribution in [0.2, 0.25) is 0 Å². The highest BCUT2D eigenvalue weighted by Crippen LogP contribution is 2.20. The summed E-state index contributed by atoms with van der Waals surface area (Å²) in [5.41, 5.74) is 0. The van der Waals surface area contributed by atoms with Gasteiger partial charge in [0.05, 0.1) is 0 Å². The smallest absolute Gasteiger partial charge is 0.00342 e. The minimum atomic E-state index is 0.971. The summed E-state index contributed by atoms with van der Waals surface area (Å²) in [6.45, 7) is 9.09. The molecule has 0 N–H and O–H groups in total. The lowest BCUT2D eigenvalue weighted by atomic mass is 9.96. The molecule has 0 saturated carbocycles. The second-order valence-corrected chi connectivity index (χ2v) is 5.07. The highest BCUT2D eigenvalue weighted by atomic mass is 15.2. The summed E-state index contributed by atoms with van der Waals surface area (Å²) in [5.74, 6) is 1.94. The second-order valence-electron chi connectivity index (χ2n) is 5.07. The third-order valence-electron chi connectivity index (χ3n) is 3.53. The van der Waals surface area contributed by atoms with Gasteiger partial charge in [-0.1, -0.05) is 6.92 Å². The van der Waals surface area contributed by atoms with Crippen molar-refractivity contribution < 1.29 is 0 Å². The molecule has 0 aromatic heterocycles. The first kappa shape index (κ1) is 9.47. The van der Waals surface area contributed by atoms with Crippen molar-refractivity contribution in [3.05, 3.63) is 0 Å². The molecule has 0 aliphatic carbocycles. The molecule has 13 heavy (non-hydrogen) atoms. The van der Waals surface area contributed by atoms with Gasteiger partial charge in [-0.25, -0.2) is 0 Å². The largest absolute Gasteiger partial charge is 0.306 e. The molecule has 0 unspecified atom stereocenters. The molecule has 0 amide bonds. The van der Waals surface area contributed by atoms with E-state index in [0.717, 1.165) is 11.8 Å². The van der Waals surface area contributed by atoms with E-state index in [4.69, 9.17) is 0 Å². The number of hydrogen-bond acceptors (Lipinski definition) is 2. The summed E-state index contributed by atoms with van der Waals surface area (Å²) >= 11 is 0. The van der Waals surface area contributed by atoms with Crippen LogP contribution in [0.15, 0.2) is 0 Å². The predicted octanol–water partition coefficient (Wildman–Crippen LogP) is 1.28. The van der Waals surface area contributed by atoms with Crippen LogP contribution in [0.5, 0.6) is 0 Å². The standard InChI is InChI=1S/C11H22N2/c1-10-3-5-13(6-4-10)9-11-7-12(2)8-11/h10-11H,3-9H2,1-2H3. The van der Waals surface area contributed by atoms with Crippen LogP contribution < -0.4 is 0 Å². The first-order chi connectivity index (χ1) is 6.24. The number of hydrogen-bond donors (Lipinski definition) is 0. The Balaban J connectivity index is 1.65. The third kappa shape index (κ3) is 2.44. The monoisotopic (exact) mass is 182 g/mol. The van der Waals surface area contributed by atoms with Crippen LogP contribution in [0.1, 0.15) is 19.8 Å². The third-order valence-corrected chi connectivity index (χ3v) is 3.53. The molecule has 2 heterocycles. The lowest BCUT2D eigenvalue weighted by molar-refractivity contribution is 0.0758. The van der Waals surface area contributed by atoms with Crippen LogP contribution in [-0.2, 0) is 0 Å². The molecule has 0 atom stereocenters. The first-order valence-electron chi connectivity index (χ1n) is 5.65. The van der Waals surface area contributed by atoms with E-state index in [1.807, 2.05) is 0 Å². The van der Waals surface area contributed by atoms with E-state index in [0.29, 0.717) is 0 Å². The molecule has 0 radical (unpaired) electrons. The Morgan fingerprint density at radius 3 is 2.31 bits per heavy atom. The van der Waals surface area contributed by atoms with E-state index in [-0.39, 0.29) is 0 Å². The Kier molecular flexibility index (Phi) is 2.89. The van der Waals surface area contributed by atoms with Crippen molar-refractivity contribution in [2.24, 2.45) is 11.8 Å². The van der Waals surface area contributed by atoms with Gasteiger partial charge in [0.15, 0.2) is 0 Å². The molecule has 0 aromatic rings. The van der Waals surface area contributed by atoms with Gasteiger partial charge < -0.3 is 9.80 Å². The summed E-state index contributed by atoms with van der Waals surface area (Å²) in [5, 5.41) is 0. The zero-order valence-corrected chi connectivity index (χ0v) is 9.00. The fourth-order valence-electron chi connectivity index (χ4n) is 2.55. The van der Waals surface area contributed by atoms with Crippen LogP contribution in [0.4, 0.5) is 0 Å². The fraction of sp³-hybridized carbons (Fsp3) is 1.00. The maximum Gasteiger partial charge on any atom is 0.00342 e. The highest BCUT2D eigenvalue weighted by molar-refractivity contribution is 4.81. The van der Waals surface area contributed by atoms with E-state index in [1.165, 1.54) is 45.6 Å². The molecule has 0 aromatic carbocycles. The Labute approximate surface area is 81.9 Å². The Hall–Kier alpha value is -0.0800. The average Bonchev–Trinajstić information content (AvgIpc) is 2.06. The van der Waals surface area contributed by atoms with Gasteiger partial charge in [-0.15, -0.1) is 0 Å². The van der Waals surface area contributed by atoms with Crippen molar-refractivity contribution in [3.8, 4) is 0 Å². The maximum atomic E-state index is 2.66. The summed E-state index contributed by atoms with van der Waals surface area (Å²) in [6.07, 6.45) is 2.84. The molecule has 2 fully saturated rings. The second kappa shape index (κ2) is 3.97. The number of piperidine rings is 1. The predicted molar refractivity (Wildman–Crippen MR) is 55.8 cm³/mol. The zero-order valence-electron chi connectivity index (χ0n) is 9.00. The van der Waals surface area contributed by atoms with Crippen LogP contribution in [0.25, 0.3) is 0 Å². The highest BCUT2D eigenvalue weighted by Gasteiger charge is 2.26. The van der Waals surface area contributed by atoms with E-state index in [2.05, 4.69) is 23.8 Å². The van der Waals surface area contributed by atoms with E-state index >= 15 is 0 Å². The van der Waals surface area contributed by atoms with Crippen molar-refractivity contribution in [2.45, 2.75) is 19.8 Å². The Bertz CT molecular complexity index is 155. The van der Waals surface area contributed by atoms with Crippen molar-refractivity contribution >= 4 is 0 Å². The summed E-state index contributed by atoms with van der Waals surface area (Å²) in [7, 11) is 2.22. The van der Waals surface area contributed by atoms with Crippen molar-refractivity contribution in [2.75, 3.05) is 39.8 Å². The van der Waals surface area contributed by atoms with Gasteiger partial charge in [-0.2, -0.15) is 0 Å². The summed E-state index contributed by atoms with van der Waals surface area (Å²) in [4.78, 5) is 5.08. The van der Waals surface area contributed by atoms with E-state index in [9.17, 15) is 0 Å². The molecule has 2 rings (SSSR count). The SMILES string of the molecule is CC1CCN(CC2CN(C)C2)CC1. The van der Waals surface area contributed by atoms with Gasteiger partial charge in [0.25, 0.3) is 0 Å². The van der Waals surface area contributed by atoms with E-state index in [1.54, 1.807) is 0 Å². The molecule has 2 nitrogen and oxygen atoms in total. The molecule has 0 bridgehead atoms. The quantitative estimate of drug-likeness (QED) is 0.635. The molecule has 2 saturated heterocycles. The summed E-state index contributed by atoms with van der Waals surface area (Å²) in [6, 6.07) is 0. The van der Waals surface area contributed by atoms with Crippen molar-refractivity contribution in [1.29, 1.82) is 0 Å². The molecule has 2 aliphatic heterocycles. The lowest BCUT2D eigenvalue weighted by Crippen LogP contribution is -2.50. The van der Waals surface area contributed by atoms with Gasteiger partial charge in [0.1, 0.15) is 0 Å². The normalized spacial score (nSPS) is 29.1. The maximum absolute atomic E-state index is 2.66. The van der Waals surface area contributed by atoms with Crippen LogP contribution in [0.3, 0.4) is 0 Å². The van der Waals surface area contributed by atoms with Gasteiger partial charge in [-0.05, 0) is 44.8 Å². The Morgan fingerprint density at radius 2 is 1.77 bits per heavy atom. The molecule has 2 aliphatic rings. The molecule has 2 heteroatoms. The molecular formula is C11H22N2.